The Kier molecular flexibility index (Phi) is 3.72. The summed E-state index contributed by atoms with van der Waals surface area (Å²) < 4.78 is 0. The molecule has 0 unspecified atom stereocenters. The van der Waals surface area contributed by atoms with Crippen molar-refractivity contribution in [1.82, 2.24) is 6.15 Å². The van der Waals surface area contributed by atoms with E-state index in [0.29, 0.717) is 0 Å². The lowest BCUT2D eigenvalue weighted by molar-refractivity contribution is 1.14. The van der Waals surface area contributed by atoms with Gasteiger partial charge in [0, 0.05) is 0 Å². The average molecular weight is 124 g/mol. The standard InChI is InChI=1S/C8H10.H3N/c1-2-8-6-4-3-5-7-8;/h3-7H,2H2,1H3;1H3/p+1. The molecule has 0 aliphatic rings. The van der Waals surface area contributed by atoms with Gasteiger partial charge in [-0.1, -0.05) is 37.3 Å². The number of hydrogen-bond acceptors (Lipinski definition) is 0. The molecule has 0 aliphatic heterocycles. The van der Waals surface area contributed by atoms with Crippen molar-refractivity contribution in [3.8, 4) is 0 Å². The number of quaternary nitrogens is 1. The maximum absolute atomic E-state index is 2.16. The molecule has 0 aromatic heterocycles. The Labute approximate surface area is 56.3 Å². The van der Waals surface area contributed by atoms with Crippen molar-refractivity contribution in [3.63, 3.8) is 0 Å². The summed E-state index contributed by atoms with van der Waals surface area (Å²) >= 11 is 0. The van der Waals surface area contributed by atoms with Crippen molar-refractivity contribution in [2.75, 3.05) is 0 Å². The molecule has 1 heteroatoms. The average Bonchev–Trinajstić information content (AvgIpc) is 1.90. The first kappa shape index (κ1) is 8.18. The van der Waals surface area contributed by atoms with Gasteiger partial charge in [0.15, 0.2) is 0 Å². The summed E-state index contributed by atoms with van der Waals surface area (Å²) in [5, 5.41) is 0. The molecule has 1 aromatic rings. The number of benzene rings is 1. The lowest BCUT2D eigenvalue weighted by Crippen LogP contribution is -1.73. The second-order valence-electron chi connectivity index (χ2n) is 1.84. The zero-order valence-corrected chi connectivity index (χ0v) is 6.09. The Balaban J connectivity index is 0.000000640. The summed E-state index contributed by atoms with van der Waals surface area (Å²) in [6, 6.07) is 10.5. The molecule has 0 heterocycles. The van der Waals surface area contributed by atoms with Gasteiger partial charge in [-0.3, -0.25) is 0 Å². The van der Waals surface area contributed by atoms with E-state index in [2.05, 4.69) is 31.2 Å². The summed E-state index contributed by atoms with van der Waals surface area (Å²) in [5.41, 5.74) is 1.41. The predicted octanol–water partition coefficient (Wildman–Crippen LogP) is 2.63. The van der Waals surface area contributed by atoms with Gasteiger partial charge in [-0.25, -0.2) is 0 Å². The van der Waals surface area contributed by atoms with Crippen LogP contribution >= 0.6 is 0 Å². The summed E-state index contributed by atoms with van der Waals surface area (Å²) in [4.78, 5) is 0. The van der Waals surface area contributed by atoms with Crippen LogP contribution in [0.15, 0.2) is 30.3 Å². The molecule has 0 fully saturated rings. The van der Waals surface area contributed by atoms with Crippen molar-refractivity contribution in [2.45, 2.75) is 13.3 Å². The summed E-state index contributed by atoms with van der Waals surface area (Å²) in [7, 11) is 0. The first-order valence-corrected chi connectivity index (χ1v) is 2.97. The van der Waals surface area contributed by atoms with Gasteiger partial charge in [-0.05, 0) is 12.0 Å². The largest absolute Gasteiger partial charge is 0.369 e. The minimum Gasteiger partial charge on any atom is -0.369 e. The molecule has 50 valence electrons. The molecular weight excluding hydrogens is 110 g/mol. The van der Waals surface area contributed by atoms with Gasteiger partial charge in [0.2, 0.25) is 0 Å². The number of aryl methyl sites for hydroxylation is 1. The van der Waals surface area contributed by atoms with E-state index in [9.17, 15) is 0 Å². The first-order chi connectivity index (χ1) is 3.93. The third-order valence-electron chi connectivity index (χ3n) is 1.25. The maximum Gasteiger partial charge on any atom is -0.0307 e. The van der Waals surface area contributed by atoms with Crippen LogP contribution in [0.4, 0.5) is 0 Å². The monoisotopic (exact) mass is 124 g/mol. The minimum absolute atomic E-state index is 0. The van der Waals surface area contributed by atoms with E-state index in [4.69, 9.17) is 0 Å². The van der Waals surface area contributed by atoms with Crippen molar-refractivity contribution in [2.24, 2.45) is 0 Å². The van der Waals surface area contributed by atoms with Crippen molar-refractivity contribution in [1.29, 1.82) is 0 Å². The summed E-state index contributed by atoms with van der Waals surface area (Å²) in [6.07, 6.45) is 1.14. The van der Waals surface area contributed by atoms with Gasteiger partial charge < -0.3 is 6.15 Å². The lowest BCUT2D eigenvalue weighted by Gasteiger charge is -1.89. The molecule has 1 nitrogen and oxygen atoms in total. The van der Waals surface area contributed by atoms with Crippen molar-refractivity contribution in [3.05, 3.63) is 35.9 Å². The molecule has 1 rings (SSSR count). The van der Waals surface area contributed by atoms with E-state index < -0.39 is 0 Å². The van der Waals surface area contributed by atoms with Crippen molar-refractivity contribution < 1.29 is 0 Å². The number of rotatable bonds is 1. The highest BCUT2D eigenvalue weighted by atomic mass is 14.0. The molecule has 0 amide bonds. The van der Waals surface area contributed by atoms with E-state index in [-0.39, 0.29) is 6.15 Å². The van der Waals surface area contributed by atoms with Crippen LogP contribution in [0.5, 0.6) is 0 Å². The fourth-order valence-electron chi connectivity index (χ4n) is 0.714. The van der Waals surface area contributed by atoms with Crippen LogP contribution in [-0.4, -0.2) is 0 Å². The van der Waals surface area contributed by atoms with E-state index in [1.165, 1.54) is 5.56 Å². The minimum atomic E-state index is 0. The maximum atomic E-state index is 2.16. The van der Waals surface area contributed by atoms with Crippen LogP contribution in [-0.2, 0) is 6.42 Å². The Morgan fingerprint density at radius 1 is 1.11 bits per heavy atom. The highest BCUT2D eigenvalue weighted by molar-refractivity contribution is 5.13. The van der Waals surface area contributed by atoms with Crippen molar-refractivity contribution >= 4 is 0 Å². The van der Waals surface area contributed by atoms with Crippen LogP contribution < -0.4 is 6.15 Å². The SMILES string of the molecule is CCc1ccccc1.[NH4+]. The molecule has 0 spiro atoms. The predicted molar refractivity (Wildman–Crippen MR) is 41.8 cm³/mol. The summed E-state index contributed by atoms with van der Waals surface area (Å²) in [5.74, 6) is 0. The topological polar surface area (TPSA) is 36.5 Å². The molecule has 0 aliphatic carbocycles. The number of hydrogen-bond donors (Lipinski definition) is 1. The highest BCUT2D eigenvalue weighted by Gasteiger charge is 1.79. The van der Waals surface area contributed by atoms with Gasteiger partial charge >= 0.3 is 0 Å². The molecule has 0 radical (unpaired) electrons. The third kappa shape index (κ3) is 2.29. The fraction of sp³-hybridized carbons (Fsp3) is 0.250. The smallest absolute Gasteiger partial charge is 0.0307 e. The molecular formula is C8H14N+. The Hall–Kier alpha value is -0.820. The van der Waals surface area contributed by atoms with E-state index >= 15 is 0 Å². The van der Waals surface area contributed by atoms with Gasteiger partial charge in [-0.15, -0.1) is 0 Å². The van der Waals surface area contributed by atoms with Crippen LogP contribution in [0.3, 0.4) is 0 Å². The fourth-order valence-corrected chi connectivity index (χ4v) is 0.714. The van der Waals surface area contributed by atoms with Crippen LogP contribution in [0.1, 0.15) is 12.5 Å². The van der Waals surface area contributed by atoms with E-state index in [1.54, 1.807) is 0 Å². The molecule has 1 aromatic carbocycles. The first-order valence-electron chi connectivity index (χ1n) is 2.97. The molecule has 9 heavy (non-hydrogen) atoms. The zero-order chi connectivity index (χ0) is 5.82. The second-order valence-corrected chi connectivity index (χ2v) is 1.84. The lowest BCUT2D eigenvalue weighted by atomic mass is 10.2. The Bertz CT molecular complexity index is 146. The van der Waals surface area contributed by atoms with E-state index in [1.807, 2.05) is 6.07 Å². The molecule has 0 saturated heterocycles. The highest BCUT2D eigenvalue weighted by Crippen LogP contribution is 1.96. The normalized spacial score (nSPS) is 8.11. The van der Waals surface area contributed by atoms with Gasteiger partial charge in [-0.2, -0.15) is 0 Å². The Morgan fingerprint density at radius 3 is 2.00 bits per heavy atom. The third-order valence-corrected chi connectivity index (χ3v) is 1.25. The van der Waals surface area contributed by atoms with Gasteiger partial charge in [0.1, 0.15) is 0 Å². The molecule has 0 bridgehead atoms. The van der Waals surface area contributed by atoms with Crippen LogP contribution in [0.25, 0.3) is 0 Å². The van der Waals surface area contributed by atoms with E-state index in [0.717, 1.165) is 6.42 Å². The molecule has 0 atom stereocenters. The van der Waals surface area contributed by atoms with Crippen LogP contribution in [0, 0.1) is 0 Å². The molecule has 4 N–H and O–H groups in total. The zero-order valence-electron chi connectivity index (χ0n) is 6.09. The Morgan fingerprint density at radius 2 is 1.67 bits per heavy atom. The quantitative estimate of drug-likeness (QED) is 0.597. The second kappa shape index (κ2) is 4.10. The molecule has 0 saturated carbocycles. The van der Waals surface area contributed by atoms with Gasteiger partial charge in [0.25, 0.3) is 0 Å². The van der Waals surface area contributed by atoms with Crippen LogP contribution in [0.2, 0.25) is 0 Å². The summed E-state index contributed by atoms with van der Waals surface area (Å²) in [6.45, 7) is 2.16. The van der Waals surface area contributed by atoms with Gasteiger partial charge in [0.05, 0.1) is 0 Å².